The maximum Gasteiger partial charge on any atom is 0.345 e. The fourth-order valence-electron chi connectivity index (χ4n) is 2.59. The van der Waals surface area contributed by atoms with Crippen LogP contribution >= 0.6 is 0 Å². The lowest BCUT2D eigenvalue weighted by molar-refractivity contribution is -0.156. The van der Waals surface area contributed by atoms with Gasteiger partial charge in [-0.05, 0) is 5.56 Å². The Morgan fingerprint density at radius 3 is 2.74 bits per heavy atom. The van der Waals surface area contributed by atoms with Crippen LogP contribution < -0.4 is 0 Å². The number of carbonyl (C=O) groups excluding carboxylic acids is 1. The molecule has 2 atom stereocenters. The Balaban J connectivity index is 1.63. The molecule has 0 unspecified atom stereocenters. The number of hydrogen-bond donors (Lipinski definition) is 1. The van der Waals surface area contributed by atoms with Crippen molar-refractivity contribution in [2.45, 2.75) is 25.1 Å². The Bertz CT molecular complexity index is 505. The van der Waals surface area contributed by atoms with E-state index in [-0.39, 0.29) is 12.1 Å². The summed E-state index contributed by atoms with van der Waals surface area (Å²) in [5, 5.41) is 10.3. The highest BCUT2D eigenvalue weighted by molar-refractivity contribution is 5.85. The first-order valence-electron chi connectivity index (χ1n) is 6.16. The molecular formula is C13H14N2O4. The Kier molecular flexibility index (Phi) is 2.87. The summed E-state index contributed by atoms with van der Waals surface area (Å²) < 4.78 is 0. The highest BCUT2D eigenvalue weighted by Gasteiger charge is 2.52. The molecule has 6 heteroatoms. The smallest absolute Gasteiger partial charge is 0.345 e. The zero-order valence-electron chi connectivity index (χ0n) is 10.2. The molecule has 1 N–H and O–H groups in total. The van der Waals surface area contributed by atoms with Crippen molar-refractivity contribution in [1.29, 1.82) is 0 Å². The van der Waals surface area contributed by atoms with E-state index in [0.717, 1.165) is 5.56 Å². The SMILES string of the molecule is O=C(O)[C@@H]1C[C@@H]2CN1C(=O)N2OCc1ccccc1. The maximum atomic E-state index is 12.0. The predicted octanol–water partition coefficient (Wildman–Crippen LogP) is 1.08. The van der Waals surface area contributed by atoms with Crippen molar-refractivity contribution in [3.8, 4) is 0 Å². The van der Waals surface area contributed by atoms with Gasteiger partial charge in [0.15, 0.2) is 0 Å². The van der Waals surface area contributed by atoms with Crippen LogP contribution in [-0.4, -0.2) is 45.7 Å². The minimum absolute atomic E-state index is 0.155. The largest absolute Gasteiger partial charge is 0.480 e. The molecule has 2 fully saturated rings. The zero-order valence-corrected chi connectivity index (χ0v) is 10.2. The van der Waals surface area contributed by atoms with Crippen LogP contribution in [0.5, 0.6) is 0 Å². The van der Waals surface area contributed by atoms with Crippen LogP contribution in [0.1, 0.15) is 12.0 Å². The topological polar surface area (TPSA) is 70.1 Å². The summed E-state index contributed by atoms with van der Waals surface area (Å²) in [6.07, 6.45) is 0.426. The van der Waals surface area contributed by atoms with E-state index in [1.165, 1.54) is 9.96 Å². The number of benzene rings is 1. The number of hydrogen-bond acceptors (Lipinski definition) is 3. The maximum absolute atomic E-state index is 12.0. The van der Waals surface area contributed by atoms with E-state index >= 15 is 0 Å². The molecule has 0 aromatic heterocycles. The predicted molar refractivity (Wildman–Crippen MR) is 65.0 cm³/mol. The standard InChI is InChI=1S/C13H14N2O4/c16-12(17)11-6-10-7-14(11)13(18)15(10)19-8-9-4-2-1-3-5-9/h1-5,10-11H,6-8H2,(H,16,17)/t10-,11+/m1/s1. The van der Waals surface area contributed by atoms with Gasteiger partial charge in [-0.25, -0.2) is 9.59 Å². The summed E-state index contributed by atoms with van der Waals surface area (Å²) in [7, 11) is 0. The van der Waals surface area contributed by atoms with E-state index in [1.54, 1.807) is 0 Å². The van der Waals surface area contributed by atoms with E-state index in [2.05, 4.69) is 0 Å². The number of carboxylic acid groups (broad SMARTS) is 1. The molecule has 2 saturated heterocycles. The molecule has 19 heavy (non-hydrogen) atoms. The third-order valence-corrected chi connectivity index (χ3v) is 3.54. The molecule has 0 spiro atoms. The first-order chi connectivity index (χ1) is 9.16. The van der Waals surface area contributed by atoms with Gasteiger partial charge in [-0.15, -0.1) is 0 Å². The number of fused-ring (bicyclic) bond motifs is 2. The molecule has 1 aromatic rings. The first-order valence-corrected chi connectivity index (χ1v) is 6.16. The number of hydroxylamine groups is 2. The lowest BCUT2D eigenvalue weighted by Crippen LogP contribution is -2.48. The molecule has 6 nitrogen and oxygen atoms in total. The van der Waals surface area contributed by atoms with Gasteiger partial charge < -0.3 is 10.0 Å². The summed E-state index contributed by atoms with van der Waals surface area (Å²) in [5.41, 5.74) is 0.975. The molecule has 1 aromatic carbocycles. The Morgan fingerprint density at radius 1 is 1.37 bits per heavy atom. The van der Waals surface area contributed by atoms with Gasteiger partial charge >= 0.3 is 12.0 Å². The third-order valence-electron chi connectivity index (χ3n) is 3.54. The number of aliphatic carboxylic acids is 1. The van der Waals surface area contributed by atoms with Crippen LogP contribution in [-0.2, 0) is 16.2 Å². The molecule has 0 aliphatic carbocycles. The third kappa shape index (κ3) is 2.04. The van der Waals surface area contributed by atoms with E-state index < -0.39 is 12.0 Å². The van der Waals surface area contributed by atoms with Gasteiger partial charge in [-0.2, -0.15) is 5.06 Å². The second kappa shape index (κ2) is 4.55. The second-order valence-corrected chi connectivity index (χ2v) is 4.76. The van der Waals surface area contributed by atoms with Crippen molar-refractivity contribution in [2.75, 3.05) is 6.54 Å². The van der Waals surface area contributed by atoms with Gasteiger partial charge in [0.2, 0.25) is 0 Å². The number of nitrogens with zero attached hydrogens (tertiary/aromatic N) is 2. The van der Waals surface area contributed by atoms with E-state index in [1.807, 2.05) is 30.3 Å². The number of carbonyl (C=O) groups is 2. The second-order valence-electron chi connectivity index (χ2n) is 4.76. The fraction of sp³-hybridized carbons (Fsp3) is 0.385. The van der Waals surface area contributed by atoms with E-state index in [9.17, 15) is 9.59 Å². The van der Waals surface area contributed by atoms with Crippen LogP contribution in [0.4, 0.5) is 4.79 Å². The molecule has 2 amide bonds. The molecule has 0 saturated carbocycles. The van der Waals surface area contributed by atoms with Gasteiger partial charge in [-0.3, -0.25) is 4.84 Å². The Morgan fingerprint density at radius 2 is 2.11 bits per heavy atom. The summed E-state index contributed by atoms with van der Waals surface area (Å²) >= 11 is 0. The zero-order chi connectivity index (χ0) is 13.4. The molecular weight excluding hydrogens is 248 g/mol. The minimum atomic E-state index is -0.946. The summed E-state index contributed by atoms with van der Waals surface area (Å²) in [5.74, 6) is -0.946. The van der Waals surface area contributed by atoms with Crippen molar-refractivity contribution >= 4 is 12.0 Å². The average molecular weight is 262 g/mol. The highest BCUT2D eigenvalue weighted by Crippen LogP contribution is 2.32. The van der Waals surface area contributed by atoms with Crippen LogP contribution in [0, 0.1) is 0 Å². The molecule has 2 aliphatic rings. The van der Waals surface area contributed by atoms with Gasteiger partial charge in [0, 0.05) is 13.0 Å². The van der Waals surface area contributed by atoms with Gasteiger partial charge in [-0.1, -0.05) is 30.3 Å². The first kappa shape index (κ1) is 12.0. The molecule has 100 valence electrons. The minimum Gasteiger partial charge on any atom is -0.480 e. The van der Waals surface area contributed by atoms with Crippen molar-refractivity contribution in [3.63, 3.8) is 0 Å². The van der Waals surface area contributed by atoms with E-state index in [4.69, 9.17) is 9.94 Å². The van der Waals surface area contributed by atoms with Gasteiger partial charge in [0.05, 0.1) is 6.04 Å². The van der Waals surface area contributed by atoms with Crippen molar-refractivity contribution in [3.05, 3.63) is 35.9 Å². The highest BCUT2D eigenvalue weighted by atomic mass is 16.7. The number of rotatable bonds is 4. The van der Waals surface area contributed by atoms with Crippen LogP contribution in [0.3, 0.4) is 0 Å². The monoisotopic (exact) mass is 262 g/mol. The quantitative estimate of drug-likeness (QED) is 0.881. The molecule has 2 aliphatic heterocycles. The van der Waals surface area contributed by atoms with Crippen LogP contribution in [0.2, 0.25) is 0 Å². The van der Waals surface area contributed by atoms with Crippen LogP contribution in [0.25, 0.3) is 0 Å². The van der Waals surface area contributed by atoms with Gasteiger partial charge in [0.25, 0.3) is 0 Å². The molecule has 0 radical (unpaired) electrons. The molecule has 2 heterocycles. The summed E-state index contributed by atoms with van der Waals surface area (Å²) in [6.45, 7) is 0.749. The number of urea groups is 1. The fourth-order valence-corrected chi connectivity index (χ4v) is 2.59. The van der Waals surface area contributed by atoms with Crippen molar-refractivity contribution in [2.24, 2.45) is 0 Å². The number of carboxylic acids is 1. The Labute approximate surface area is 110 Å². The van der Waals surface area contributed by atoms with Gasteiger partial charge in [0.1, 0.15) is 12.6 Å². The van der Waals surface area contributed by atoms with Crippen molar-refractivity contribution in [1.82, 2.24) is 9.96 Å². The van der Waals surface area contributed by atoms with Crippen molar-refractivity contribution < 1.29 is 19.5 Å². The lowest BCUT2D eigenvalue weighted by atomic mass is 10.1. The van der Waals surface area contributed by atoms with E-state index in [0.29, 0.717) is 19.6 Å². The van der Waals surface area contributed by atoms with Crippen LogP contribution in [0.15, 0.2) is 30.3 Å². The normalized spacial score (nSPS) is 25.2. The summed E-state index contributed by atoms with van der Waals surface area (Å²) in [6, 6.07) is 8.35. The Hall–Kier alpha value is -2.08. The molecule has 2 bridgehead atoms. The number of amides is 2. The molecule has 3 rings (SSSR count). The average Bonchev–Trinajstić information content (AvgIpc) is 2.96. The lowest BCUT2D eigenvalue weighted by Gasteiger charge is -2.29. The summed E-state index contributed by atoms with van der Waals surface area (Å²) in [4.78, 5) is 29.8.